The Hall–Kier alpha value is -0.220. The van der Waals surface area contributed by atoms with Gasteiger partial charge in [0.1, 0.15) is 0 Å². The zero-order valence-electron chi connectivity index (χ0n) is 12.3. The Morgan fingerprint density at radius 1 is 0.667 bits per heavy atom. The second-order valence-corrected chi connectivity index (χ2v) is 10.3. The van der Waals surface area contributed by atoms with Crippen LogP contribution in [0.2, 0.25) is 0 Å². The van der Waals surface area contributed by atoms with E-state index in [-0.39, 0.29) is 23.0 Å². The van der Waals surface area contributed by atoms with Crippen LogP contribution < -0.4 is 5.32 Å². The molecule has 0 bridgehead atoms. The molecule has 1 N–H and O–H groups in total. The van der Waals surface area contributed by atoms with Crippen molar-refractivity contribution >= 4 is 19.7 Å². The lowest BCUT2D eigenvalue weighted by atomic mass is 10.4. The minimum Gasteiger partial charge on any atom is -0.314 e. The van der Waals surface area contributed by atoms with E-state index in [2.05, 4.69) is 15.1 Å². The average molecular weight is 339 g/mol. The highest BCUT2D eigenvalue weighted by molar-refractivity contribution is 7.91. The van der Waals surface area contributed by atoms with Gasteiger partial charge >= 0.3 is 0 Å². The molecule has 2 aliphatic heterocycles. The molecule has 2 fully saturated rings. The third-order valence-corrected chi connectivity index (χ3v) is 7.30. The summed E-state index contributed by atoms with van der Waals surface area (Å²) in [7, 11) is -5.59. The Kier molecular flexibility index (Phi) is 6.01. The summed E-state index contributed by atoms with van der Waals surface area (Å²) in [5.41, 5.74) is 0. The van der Waals surface area contributed by atoms with Crippen molar-refractivity contribution in [2.45, 2.75) is 0 Å². The first-order chi connectivity index (χ1) is 9.86. The lowest BCUT2D eigenvalue weighted by Gasteiger charge is -2.28. The molecule has 2 saturated heterocycles. The van der Waals surface area contributed by atoms with Crippen LogP contribution >= 0.6 is 0 Å². The molecule has 7 nitrogen and oxygen atoms in total. The van der Waals surface area contributed by atoms with Crippen molar-refractivity contribution in [3.05, 3.63) is 0 Å². The Balaban J connectivity index is 1.51. The van der Waals surface area contributed by atoms with Gasteiger partial charge in [0.25, 0.3) is 0 Å². The standard InChI is InChI=1S/C12H25N3O4S2/c16-20(17)9-5-14(6-10-20)3-1-13-2-4-15-7-11-21(18,19)12-8-15/h13H,1-12H2. The fourth-order valence-electron chi connectivity index (χ4n) is 2.55. The average Bonchev–Trinajstić information content (AvgIpc) is 2.42. The highest BCUT2D eigenvalue weighted by Crippen LogP contribution is 2.03. The molecule has 21 heavy (non-hydrogen) atoms. The summed E-state index contributed by atoms with van der Waals surface area (Å²) in [6.45, 7) is 5.94. The highest BCUT2D eigenvalue weighted by atomic mass is 32.2. The van der Waals surface area contributed by atoms with Crippen molar-refractivity contribution in [3.63, 3.8) is 0 Å². The van der Waals surface area contributed by atoms with Crippen LogP contribution in [0, 0.1) is 0 Å². The molecular weight excluding hydrogens is 314 g/mol. The monoisotopic (exact) mass is 339 g/mol. The van der Waals surface area contributed by atoms with Gasteiger partial charge in [0.15, 0.2) is 19.7 Å². The second-order valence-electron chi connectivity index (χ2n) is 5.74. The zero-order chi connectivity index (χ0) is 15.3. The number of sulfone groups is 2. The summed E-state index contributed by atoms with van der Waals surface area (Å²) in [5.74, 6) is 1.09. The Bertz CT molecular complexity index is 457. The third-order valence-electron chi connectivity index (χ3n) is 4.08. The van der Waals surface area contributed by atoms with Gasteiger partial charge in [-0.1, -0.05) is 0 Å². The molecule has 0 unspecified atom stereocenters. The van der Waals surface area contributed by atoms with Crippen LogP contribution in [0.3, 0.4) is 0 Å². The fourth-order valence-corrected chi connectivity index (χ4v) is 5.10. The third kappa shape index (κ3) is 6.19. The molecule has 124 valence electrons. The minimum absolute atomic E-state index is 0.273. The normalized spacial score (nSPS) is 26.7. The van der Waals surface area contributed by atoms with Crippen LogP contribution in [0.15, 0.2) is 0 Å². The van der Waals surface area contributed by atoms with Crippen LogP contribution in [0.1, 0.15) is 0 Å². The topological polar surface area (TPSA) is 86.8 Å². The number of hydrogen-bond acceptors (Lipinski definition) is 7. The molecule has 9 heteroatoms. The summed E-state index contributed by atoms with van der Waals surface area (Å²) in [6, 6.07) is 0. The summed E-state index contributed by atoms with van der Waals surface area (Å²) in [6.07, 6.45) is 0. The molecule has 0 amide bonds. The van der Waals surface area contributed by atoms with Gasteiger partial charge in [-0.2, -0.15) is 0 Å². The molecule has 0 spiro atoms. The van der Waals surface area contributed by atoms with E-state index >= 15 is 0 Å². The van der Waals surface area contributed by atoms with E-state index in [0.717, 1.165) is 26.2 Å². The molecule has 0 radical (unpaired) electrons. The van der Waals surface area contributed by atoms with Crippen LogP contribution in [0.25, 0.3) is 0 Å². The molecule has 0 saturated carbocycles. The van der Waals surface area contributed by atoms with E-state index in [4.69, 9.17) is 0 Å². The van der Waals surface area contributed by atoms with Gasteiger partial charge in [0.2, 0.25) is 0 Å². The van der Waals surface area contributed by atoms with Crippen molar-refractivity contribution in [2.75, 3.05) is 75.4 Å². The molecular formula is C12H25N3O4S2. The molecule has 0 atom stereocenters. The number of nitrogens with one attached hydrogen (secondary N) is 1. The predicted octanol–water partition coefficient (Wildman–Crippen LogP) is -1.96. The van der Waals surface area contributed by atoms with Gasteiger partial charge in [0, 0.05) is 52.4 Å². The van der Waals surface area contributed by atoms with Crippen molar-refractivity contribution in [1.82, 2.24) is 15.1 Å². The Morgan fingerprint density at radius 2 is 1.00 bits per heavy atom. The summed E-state index contributed by atoms with van der Waals surface area (Å²) in [5, 5.41) is 3.34. The van der Waals surface area contributed by atoms with Gasteiger partial charge in [-0.3, -0.25) is 0 Å². The molecule has 2 heterocycles. The van der Waals surface area contributed by atoms with Crippen LogP contribution in [0.5, 0.6) is 0 Å². The first kappa shape index (κ1) is 17.1. The van der Waals surface area contributed by atoms with Crippen LogP contribution in [0.4, 0.5) is 0 Å². The van der Waals surface area contributed by atoms with Gasteiger partial charge in [-0.25, -0.2) is 16.8 Å². The van der Waals surface area contributed by atoms with Crippen LogP contribution in [-0.2, 0) is 19.7 Å². The molecule has 0 aromatic rings. The number of rotatable bonds is 6. The first-order valence-corrected chi connectivity index (χ1v) is 11.1. The van der Waals surface area contributed by atoms with Gasteiger partial charge < -0.3 is 15.1 Å². The number of nitrogens with zero attached hydrogens (tertiary/aromatic N) is 2. The van der Waals surface area contributed by atoms with E-state index < -0.39 is 19.7 Å². The largest absolute Gasteiger partial charge is 0.314 e. The molecule has 0 aromatic carbocycles. The van der Waals surface area contributed by atoms with E-state index in [0.29, 0.717) is 26.2 Å². The maximum Gasteiger partial charge on any atom is 0.152 e. The van der Waals surface area contributed by atoms with Crippen molar-refractivity contribution in [1.29, 1.82) is 0 Å². The van der Waals surface area contributed by atoms with E-state index in [9.17, 15) is 16.8 Å². The molecule has 2 aliphatic rings. The zero-order valence-corrected chi connectivity index (χ0v) is 14.0. The molecule has 2 rings (SSSR count). The van der Waals surface area contributed by atoms with Gasteiger partial charge in [0.05, 0.1) is 23.0 Å². The summed E-state index contributed by atoms with van der Waals surface area (Å²) < 4.78 is 45.2. The minimum atomic E-state index is -2.79. The second kappa shape index (κ2) is 7.36. The van der Waals surface area contributed by atoms with E-state index in [1.807, 2.05) is 0 Å². The predicted molar refractivity (Wildman–Crippen MR) is 83.1 cm³/mol. The van der Waals surface area contributed by atoms with Crippen LogP contribution in [-0.4, -0.2) is 102 Å². The van der Waals surface area contributed by atoms with E-state index in [1.54, 1.807) is 0 Å². The summed E-state index contributed by atoms with van der Waals surface area (Å²) in [4.78, 5) is 4.34. The molecule has 0 aliphatic carbocycles. The van der Waals surface area contributed by atoms with Crippen molar-refractivity contribution in [2.24, 2.45) is 0 Å². The first-order valence-electron chi connectivity index (χ1n) is 7.43. The highest BCUT2D eigenvalue weighted by Gasteiger charge is 2.22. The van der Waals surface area contributed by atoms with Crippen molar-refractivity contribution < 1.29 is 16.8 Å². The lowest BCUT2D eigenvalue weighted by Crippen LogP contribution is -2.45. The quantitative estimate of drug-likeness (QED) is 0.562. The smallest absolute Gasteiger partial charge is 0.152 e. The SMILES string of the molecule is O=S1(=O)CCN(CCNCCN2CCS(=O)(=O)CC2)CC1. The lowest BCUT2D eigenvalue weighted by molar-refractivity contribution is 0.276. The van der Waals surface area contributed by atoms with Crippen molar-refractivity contribution in [3.8, 4) is 0 Å². The van der Waals surface area contributed by atoms with E-state index in [1.165, 1.54) is 0 Å². The Labute approximate surface area is 127 Å². The maximum absolute atomic E-state index is 11.3. The van der Waals surface area contributed by atoms with Gasteiger partial charge in [-0.15, -0.1) is 0 Å². The number of hydrogen-bond donors (Lipinski definition) is 1. The summed E-state index contributed by atoms with van der Waals surface area (Å²) >= 11 is 0. The fraction of sp³-hybridized carbons (Fsp3) is 1.00. The maximum atomic E-state index is 11.3. The molecule has 0 aromatic heterocycles. The van der Waals surface area contributed by atoms with Gasteiger partial charge in [-0.05, 0) is 0 Å². The Morgan fingerprint density at radius 3 is 1.33 bits per heavy atom.